The van der Waals surface area contributed by atoms with Gasteiger partial charge in [-0.3, -0.25) is 9.59 Å². The maximum absolute atomic E-state index is 13.4. The fraction of sp³-hybridized carbons (Fsp3) is 0.323. The van der Waals surface area contributed by atoms with Crippen molar-refractivity contribution in [1.29, 1.82) is 0 Å². The molecule has 1 N–H and O–H groups in total. The molecule has 0 aliphatic heterocycles. The third-order valence-corrected chi connectivity index (χ3v) is 9.66. The quantitative estimate of drug-likeness (QED) is 0.260. The number of benzene rings is 3. The number of aliphatic carboxylic acids is 1. The Morgan fingerprint density at radius 2 is 1.69 bits per heavy atom. The average molecular weight is 545 g/mol. The molecule has 0 unspecified atom stereocenters. The molecule has 1 fully saturated rings. The number of carboxylic acids is 1. The summed E-state index contributed by atoms with van der Waals surface area (Å²) in [5.41, 5.74) is 2.93. The van der Waals surface area contributed by atoms with E-state index >= 15 is 0 Å². The number of imidazole rings is 1. The van der Waals surface area contributed by atoms with Crippen molar-refractivity contribution in [2.24, 2.45) is 5.41 Å². The van der Waals surface area contributed by atoms with Gasteiger partial charge in [0.1, 0.15) is 0 Å². The number of nitrogens with zero attached hydrogens (tertiary/aromatic N) is 2. The predicted octanol–water partition coefficient (Wildman–Crippen LogP) is 5.63. The Bertz CT molecular complexity index is 1630. The Kier molecular flexibility index (Phi) is 7.40. The van der Waals surface area contributed by atoms with Gasteiger partial charge in [0.15, 0.2) is 15.7 Å². The Morgan fingerprint density at radius 3 is 2.41 bits per heavy atom. The van der Waals surface area contributed by atoms with E-state index in [4.69, 9.17) is 0 Å². The van der Waals surface area contributed by atoms with E-state index in [1.807, 2.05) is 66.1 Å². The van der Waals surface area contributed by atoms with Crippen molar-refractivity contribution < 1.29 is 23.1 Å². The van der Waals surface area contributed by atoms with Gasteiger partial charge < -0.3 is 9.67 Å². The fourth-order valence-corrected chi connectivity index (χ4v) is 7.49. The highest BCUT2D eigenvalue weighted by atomic mass is 32.2. The first-order chi connectivity index (χ1) is 18.7. The monoisotopic (exact) mass is 544 g/mol. The second kappa shape index (κ2) is 10.8. The van der Waals surface area contributed by atoms with E-state index in [1.54, 1.807) is 18.2 Å². The Morgan fingerprint density at radius 1 is 0.974 bits per heavy atom. The summed E-state index contributed by atoms with van der Waals surface area (Å²) in [5.74, 6) is -1.15. The summed E-state index contributed by atoms with van der Waals surface area (Å²) >= 11 is 0. The summed E-state index contributed by atoms with van der Waals surface area (Å²) in [5, 5.41) is 9.76. The third-order valence-electron chi connectivity index (χ3n) is 7.76. The number of sulfone groups is 1. The summed E-state index contributed by atoms with van der Waals surface area (Å²) in [7, 11) is -3.76. The molecule has 1 aromatic heterocycles. The van der Waals surface area contributed by atoms with Gasteiger partial charge in [0.2, 0.25) is 5.78 Å². The van der Waals surface area contributed by atoms with E-state index < -0.39 is 21.2 Å². The van der Waals surface area contributed by atoms with Crippen LogP contribution >= 0.6 is 0 Å². The van der Waals surface area contributed by atoms with Crippen LogP contribution in [0, 0.1) is 12.3 Å². The Hall–Kier alpha value is -3.78. The number of carboxylic acid groups (broad SMARTS) is 1. The van der Waals surface area contributed by atoms with Crippen LogP contribution in [-0.4, -0.2) is 40.6 Å². The lowest BCUT2D eigenvalue weighted by atomic mass is 9.89. The number of carbonyl (C=O) groups is 2. The minimum absolute atomic E-state index is 0.140. The normalized spacial score (nSPS) is 15.0. The number of rotatable bonds is 10. The molecule has 0 amide bonds. The molecule has 0 saturated heterocycles. The van der Waals surface area contributed by atoms with E-state index in [2.05, 4.69) is 4.98 Å². The molecule has 0 bridgehead atoms. The highest BCUT2D eigenvalue weighted by Crippen LogP contribution is 2.40. The van der Waals surface area contributed by atoms with Crippen LogP contribution in [0.3, 0.4) is 0 Å². The zero-order valence-corrected chi connectivity index (χ0v) is 22.8. The minimum atomic E-state index is -3.76. The molecule has 7 nitrogen and oxygen atoms in total. The van der Waals surface area contributed by atoms with Crippen molar-refractivity contribution in [3.8, 4) is 0 Å². The molecule has 1 aliphatic rings. The number of aryl methyl sites for hydroxylation is 3. The number of aromatic nitrogens is 2. The van der Waals surface area contributed by atoms with Crippen molar-refractivity contribution in [3.63, 3.8) is 0 Å². The SMILES string of the molecule is Cc1ccc(C(=O)c2nc3ccccc3n2CCCc2cccc(S(=O)(=O)CC3(C(=O)O)CCCC3)c2)cc1. The fourth-order valence-electron chi connectivity index (χ4n) is 5.56. The smallest absolute Gasteiger partial charge is 0.310 e. The van der Waals surface area contributed by atoms with Crippen molar-refractivity contribution in [2.45, 2.75) is 56.9 Å². The van der Waals surface area contributed by atoms with Gasteiger partial charge in [0, 0.05) is 12.1 Å². The minimum Gasteiger partial charge on any atom is -0.481 e. The second-order valence-electron chi connectivity index (χ2n) is 10.6. The number of hydrogen-bond donors (Lipinski definition) is 1. The lowest BCUT2D eigenvalue weighted by Crippen LogP contribution is -2.35. The third kappa shape index (κ3) is 5.52. The second-order valence-corrected chi connectivity index (χ2v) is 12.6. The number of carbonyl (C=O) groups excluding carboxylic acids is 1. The molecule has 3 aromatic carbocycles. The standard InChI is InChI=1S/C31H32N2O5S/c1-22-13-15-24(16-14-22)28(34)29-32-26-11-2-3-12-27(26)33(29)19-7-9-23-8-6-10-25(20-23)39(37,38)21-31(30(35)36)17-4-5-18-31/h2-3,6,8,10-16,20H,4-5,7,9,17-19,21H2,1H3,(H,35,36). The largest absolute Gasteiger partial charge is 0.481 e. The first kappa shape index (κ1) is 26.8. The van der Waals surface area contributed by atoms with E-state index in [0.29, 0.717) is 43.6 Å². The van der Waals surface area contributed by atoms with E-state index in [1.165, 1.54) is 0 Å². The van der Waals surface area contributed by atoms with E-state index in [0.717, 1.165) is 35.0 Å². The topological polar surface area (TPSA) is 106 Å². The van der Waals surface area contributed by atoms with Gasteiger partial charge >= 0.3 is 5.97 Å². The van der Waals surface area contributed by atoms with Gasteiger partial charge in [-0.1, -0.05) is 66.9 Å². The van der Waals surface area contributed by atoms with Gasteiger partial charge in [0.05, 0.1) is 27.1 Å². The molecule has 4 aromatic rings. The van der Waals surface area contributed by atoms with Crippen LogP contribution in [0.5, 0.6) is 0 Å². The highest BCUT2D eigenvalue weighted by Gasteiger charge is 2.45. The molecule has 1 heterocycles. The van der Waals surface area contributed by atoms with Gasteiger partial charge in [-0.05, 0) is 62.4 Å². The molecular weight excluding hydrogens is 512 g/mol. The molecule has 39 heavy (non-hydrogen) atoms. The molecular formula is C31H32N2O5S. The Labute approximate surface area is 228 Å². The van der Waals surface area contributed by atoms with Crippen molar-refractivity contribution in [2.75, 3.05) is 5.75 Å². The molecule has 0 spiro atoms. The van der Waals surface area contributed by atoms with Gasteiger partial charge in [-0.2, -0.15) is 0 Å². The van der Waals surface area contributed by atoms with Crippen molar-refractivity contribution in [3.05, 3.63) is 95.3 Å². The zero-order valence-electron chi connectivity index (χ0n) is 22.0. The molecule has 0 atom stereocenters. The van der Waals surface area contributed by atoms with Crippen LogP contribution < -0.4 is 0 Å². The molecule has 8 heteroatoms. The summed E-state index contributed by atoms with van der Waals surface area (Å²) in [6.07, 6.45) is 3.51. The Balaban J connectivity index is 1.34. The first-order valence-electron chi connectivity index (χ1n) is 13.3. The van der Waals surface area contributed by atoms with Crippen LogP contribution in [0.2, 0.25) is 0 Å². The molecule has 1 saturated carbocycles. The number of ketones is 1. The van der Waals surface area contributed by atoms with E-state index in [9.17, 15) is 23.1 Å². The van der Waals surface area contributed by atoms with Crippen LogP contribution in [0.25, 0.3) is 11.0 Å². The lowest BCUT2D eigenvalue weighted by molar-refractivity contribution is -0.147. The van der Waals surface area contributed by atoms with Crippen LogP contribution in [0.15, 0.2) is 77.7 Å². The summed E-state index contributed by atoms with van der Waals surface area (Å²) in [6, 6.07) is 21.9. The zero-order chi connectivity index (χ0) is 27.6. The van der Waals surface area contributed by atoms with Gasteiger partial charge in [-0.15, -0.1) is 0 Å². The van der Waals surface area contributed by atoms with Gasteiger partial charge in [0.25, 0.3) is 0 Å². The summed E-state index contributed by atoms with van der Waals surface area (Å²) < 4.78 is 28.4. The molecule has 202 valence electrons. The maximum atomic E-state index is 13.4. The molecule has 0 radical (unpaired) electrons. The van der Waals surface area contributed by atoms with Crippen LogP contribution in [0.4, 0.5) is 0 Å². The number of fused-ring (bicyclic) bond motifs is 1. The average Bonchev–Trinajstić information content (AvgIpc) is 3.54. The first-order valence-corrected chi connectivity index (χ1v) is 15.0. The van der Waals surface area contributed by atoms with Gasteiger partial charge in [-0.25, -0.2) is 13.4 Å². The van der Waals surface area contributed by atoms with Crippen LogP contribution in [0.1, 0.15) is 59.4 Å². The molecule has 5 rings (SSSR count). The predicted molar refractivity (Wildman–Crippen MR) is 150 cm³/mol. The number of para-hydroxylation sites is 2. The lowest BCUT2D eigenvalue weighted by Gasteiger charge is -2.23. The van der Waals surface area contributed by atoms with E-state index in [-0.39, 0.29) is 16.4 Å². The van der Waals surface area contributed by atoms with Crippen LogP contribution in [-0.2, 0) is 27.6 Å². The number of hydrogen-bond acceptors (Lipinski definition) is 5. The summed E-state index contributed by atoms with van der Waals surface area (Å²) in [6.45, 7) is 2.51. The maximum Gasteiger partial charge on any atom is 0.310 e. The van der Waals surface area contributed by atoms with Crippen molar-refractivity contribution in [1.82, 2.24) is 9.55 Å². The van der Waals surface area contributed by atoms with Crippen molar-refractivity contribution >= 4 is 32.6 Å². The highest BCUT2D eigenvalue weighted by molar-refractivity contribution is 7.91. The summed E-state index contributed by atoms with van der Waals surface area (Å²) in [4.78, 5) is 30.1. The molecule has 1 aliphatic carbocycles.